The highest BCUT2D eigenvalue weighted by molar-refractivity contribution is 6.44. The summed E-state index contributed by atoms with van der Waals surface area (Å²) in [7, 11) is 0. The van der Waals surface area contributed by atoms with Gasteiger partial charge in [-0.15, -0.1) is 0 Å². The average molecular weight is 332 g/mol. The van der Waals surface area contributed by atoms with Gasteiger partial charge in [0.2, 0.25) is 5.95 Å². The SMILES string of the molecule is CCCN1C(=O)C(=O)N(CN2CCN(c3ncccn3)CC2)C1=O. The van der Waals surface area contributed by atoms with Gasteiger partial charge in [-0.1, -0.05) is 6.92 Å². The van der Waals surface area contributed by atoms with Crippen LogP contribution in [0.1, 0.15) is 13.3 Å². The highest BCUT2D eigenvalue weighted by Crippen LogP contribution is 2.15. The van der Waals surface area contributed by atoms with Gasteiger partial charge < -0.3 is 4.90 Å². The first-order valence-electron chi connectivity index (χ1n) is 8.03. The van der Waals surface area contributed by atoms with Crippen LogP contribution in [0.15, 0.2) is 18.5 Å². The van der Waals surface area contributed by atoms with Crippen LogP contribution in [0, 0.1) is 0 Å². The van der Waals surface area contributed by atoms with Crippen LogP contribution in [0.5, 0.6) is 0 Å². The molecule has 2 aliphatic heterocycles. The monoisotopic (exact) mass is 332 g/mol. The Bertz CT molecular complexity index is 629. The minimum atomic E-state index is -0.734. The molecule has 0 bridgehead atoms. The fourth-order valence-electron chi connectivity index (χ4n) is 2.84. The van der Waals surface area contributed by atoms with Crippen molar-refractivity contribution < 1.29 is 14.4 Å². The number of urea groups is 1. The summed E-state index contributed by atoms with van der Waals surface area (Å²) in [4.78, 5) is 50.7. The zero-order valence-corrected chi connectivity index (χ0v) is 13.6. The number of imide groups is 2. The predicted octanol–water partition coefficient (Wildman–Crippen LogP) is -0.243. The summed E-state index contributed by atoms with van der Waals surface area (Å²) in [5, 5.41) is 0. The fourth-order valence-corrected chi connectivity index (χ4v) is 2.84. The second-order valence-corrected chi connectivity index (χ2v) is 5.77. The molecule has 3 rings (SSSR count). The molecule has 9 nitrogen and oxygen atoms in total. The summed E-state index contributed by atoms with van der Waals surface area (Å²) >= 11 is 0. The second-order valence-electron chi connectivity index (χ2n) is 5.77. The third kappa shape index (κ3) is 3.07. The lowest BCUT2D eigenvalue weighted by Gasteiger charge is -2.35. The van der Waals surface area contributed by atoms with E-state index in [1.54, 1.807) is 18.5 Å². The highest BCUT2D eigenvalue weighted by Gasteiger charge is 2.44. The second kappa shape index (κ2) is 6.91. The molecule has 1 aromatic heterocycles. The van der Waals surface area contributed by atoms with E-state index in [0.29, 0.717) is 38.5 Å². The molecule has 2 saturated heterocycles. The van der Waals surface area contributed by atoms with E-state index in [1.807, 2.05) is 11.8 Å². The van der Waals surface area contributed by atoms with E-state index in [4.69, 9.17) is 0 Å². The first-order valence-corrected chi connectivity index (χ1v) is 8.03. The van der Waals surface area contributed by atoms with Crippen LogP contribution >= 0.6 is 0 Å². The van der Waals surface area contributed by atoms with Gasteiger partial charge in [-0.25, -0.2) is 19.7 Å². The molecule has 2 fully saturated rings. The van der Waals surface area contributed by atoms with E-state index >= 15 is 0 Å². The molecule has 2 aliphatic rings. The zero-order chi connectivity index (χ0) is 17.1. The van der Waals surface area contributed by atoms with Gasteiger partial charge in [0.25, 0.3) is 0 Å². The summed E-state index contributed by atoms with van der Waals surface area (Å²) < 4.78 is 0. The summed E-state index contributed by atoms with van der Waals surface area (Å²) in [6.45, 7) is 5.01. The van der Waals surface area contributed by atoms with Crippen molar-refractivity contribution >= 4 is 23.8 Å². The van der Waals surface area contributed by atoms with Crippen LogP contribution in [0.3, 0.4) is 0 Å². The predicted molar refractivity (Wildman–Crippen MR) is 84.9 cm³/mol. The number of piperazine rings is 1. The van der Waals surface area contributed by atoms with Gasteiger partial charge >= 0.3 is 17.8 Å². The Morgan fingerprint density at radius 1 is 0.958 bits per heavy atom. The molecule has 24 heavy (non-hydrogen) atoms. The third-order valence-electron chi connectivity index (χ3n) is 4.13. The molecule has 0 aromatic carbocycles. The third-order valence-corrected chi connectivity index (χ3v) is 4.13. The number of carbonyl (C=O) groups is 3. The molecule has 9 heteroatoms. The van der Waals surface area contributed by atoms with Crippen LogP contribution in [0.25, 0.3) is 0 Å². The fraction of sp³-hybridized carbons (Fsp3) is 0.533. The highest BCUT2D eigenvalue weighted by atomic mass is 16.2. The molecule has 1 aromatic rings. The van der Waals surface area contributed by atoms with Crippen molar-refractivity contribution in [2.24, 2.45) is 0 Å². The quantitative estimate of drug-likeness (QED) is 0.543. The maximum Gasteiger partial charge on any atom is 0.335 e. The van der Waals surface area contributed by atoms with E-state index < -0.39 is 17.8 Å². The molecule has 0 saturated carbocycles. The molecule has 0 atom stereocenters. The maximum absolute atomic E-state index is 12.2. The van der Waals surface area contributed by atoms with E-state index in [2.05, 4.69) is 14.9 Å². The van der Waals surface area contributed by atoms with Crippen molar-refractivity contribution in [2.75, 3.05) is 44.3 Å². The summed E-state index contributed by atoms with van der Waals surface area (Å²) in [6.07, 6.45) is 4.03. The zero-order valence-electron chi connectivity index (χ0n) is 13.6. The summed E-state index contributed by atoms with van der Waals surface area (Å²) in [6, 6.07) is 1.25. The van der Waals surface area contributed by atoms with Crippen LogP contribution in [-0.2, 0) is 9.59 Å². The largest absolute Gasteiger partial charge is 0.338 e. The molecule has 0 unspecified atom stereocenters. The van der Waals surface area contributed by atoms with E-state index in [1.165, 1.54) is 0 Å². The Morgan fingerprint density at radius 2 is 1.58 bits per heavy atom. The van der Waals surface area contributed by atoms with Crippen molar-refractivity contribution in [2.45, 2.75) is 13.3 Å². The number of aromatic nitrogens is 2. The number of anilines is 1. The van der Waals surface area contributed by atoms with E-state index in [9.17, 15) is 14.4 Å². The molecule has 0 aliphatic carbocycles. The molecule has 0 N–H and O–H groups in total. The van der Waals surface area contributed by atoms with Gasteiger partial charge in [0.1, 0.15) is 0 Å². The van der Waals surface area contributed by atoms with Gasteiger partial charge in [0.15, 0.2) is 0 Å². The van der Waals surface area contributed by atoms with Crippen LogP contribution in [-0.4, -0.2) is 81.9 Å². The number of rotatable bonds is 5. The molecule has 4 amide bonds. The molecular weight excluding hydrogens is 312 g/mol. The van der Waals surface area contributed by atoms with Crippen molar-refractivity contribution in [3.8, 4) is 0 Å². The van der Waals surface area contributed by atoms with E-state index in [-0.39, 0.29) is 13.2 Å². The van der Waals surface area contributed by atoms with Gasteiger partial charge in [-0.3, -0.25) is 19.4 Å². The van der Waals surface area contributed by atoms with Crippen molar-refractivity contribution in [1.82, 2.24) is 24.7 Å². The molecular formula is C15H20N6O3. The molecule has 3 heterocycles. The number of amides is 4. The van der Waals surface area contributed by atoms with Gasteiger partial charge in [0.05, 0.1) is 6.67 Å². The lowest BCUT2D eigenvalue weighted by molar-refractivity contribution is -0.144. The Hall–Kier alpha value is -2.55. The molecule has 0 spiro atoms. The normalized spacial score (nSPS) is 19.5. The number of hydrogen-bond donors (Lipinski definition) is 0. The van der Waals surface area contributed by atoms with Crippen molar-refractivity contribution in [1.29, 1.82) is 0 Å². The lowest BCUT2D eigenvalue weighted by atomic mass is 10.3. The van der Waals surface area contributed by atoms with Crippen LogP contribution in [0.2, 0.25) is 0 Å². The standard InChI is InChI=1S/C15H20N6O3/c1-2-6-20-12(22)13(23)21(15(20)24)11-18-7-9-19(10-8-18)14-16-4-3-5-17-14/h3-5H,2,6-11H2,1H3. The van der Waals surface area contributed by atoms with Crippen LogP contribution in [0.4, 0.5) is 10.7 Å². The topological polar surface area (TPSA) is 90.0 Å². The van der Waals surface area contributed by atoms with Gasteiger partial charge in [0, 0.05) is 45.1 Å². The Balaban J connectivity index is 1.57. The minimum absolute atomic E-state index is 0.146. The first-order chi connectivity index (χ1) is 11.6. The smallest absolute Gasteiger partial charge is 0.335 e. The molecule has 0 radical (unpaired) electrons. The number of carbonyl (C=O) groups excluding carboxylic acids is 3. The van der Waals surface area contributed by atoms with Crippen molar-refractivity contribution in [3.05, 3.63) is 18.5 Å². The Labute approximate surface area is 139 Å². The Morgan fingerprint density at radius 3 is 2.21 bits per heavy atom. The summed E-state index contributed by atoms with van der Waals surface area (Å²) in [5.41, 5.74) is 0. The Kier molecular flexibility index (Phi) is 4.70. The average Bonchev–Trinajstić information content (AvgIpc) is 2.81. The van der Waals surface area contributed by atoms with Crippen LogP contribution < -0.4 is 4.90 Å². The number of nitrogens with zero attached hydrogens (tertiary/aromatic N) is 6. The minimum Gasteiger partial charge on any atom is -0.338 e. The van der Waals surface area contributed by atoms with Gasteiger partial charge in [-0.05, 0) is 12.5 Å². The van der Waals surface area contributed by atoms with Gasteiger partial charge in [-0.2, -0.15) is 0 Å². The molecule has 128 valence electrons. The van der Waals surface area contributed by atoms with E-state index in [0.717, 1.165) is 9.80 Å². The maximum atomic E-state index is 12.2. The van der Waals surface area contributed by atoms with Crippen molar-refractivity contribution in [3.63, 3.8) is 0 Å². The number of hydrogen-bond acceptors (Lipinski definition) is 7. The first kappa shape index (κ1) is 16.3. The lowest BCUT2D eigenvalue weighted by Crippen LogP contribution is -2.51. The summed E-state index contributed by atoms with van der Waals surface area (Å²) in [5.74, 6) is -0.782.